The van der Waals surface area contributed by atoms with Crippen molar-refractivity contribution in [3.8, 4) is 5.88 Å². The van der Waals surface area contributed by atoms with Crippen LogP contribution in [0.25, 0.3) is 0 Å². The summed E-state index contributed by atoms with van der Waals surface area (Å²) in [4.78, 5) is 18.1. The number of guanidine groups is 1. The number of hydrogen-bond donors (Lipinski definition) is 1. The molecule has 148 valence electrons. The van der Waals surface area contributed by atoms with Gasteiger partial charge in [-0.15, -0.1) is 24.0 Å². The molecule has 1 saturated heterocycles. The number of thioether (sulfide) groups is 1. The molecule has 1 aromatic rings. The lowest BCUT2D eigenvalue weighted by molar-refractivity contribution is 0.366. The van der Waals surface area contributed by atoms with Gasteiger partial charge < -0.3 is 19.9 Å². The maximum atomic E-state index is 5.27. The Bertz CT molecular complexity index is 572. The minimum absolute atomic E-state index is 0. The largest absolute Gasteiger partial charge is 0.480 e. The molecule has 1 aromatic heterocycles. The lowest BCUT2D eigenvalue weighted by atomic mass is 10.3. The van der Waals surface area contributed by atoms with Crippen molar-refractivity contribution in [3.05, 3.63) is 10.7 Å². The maximum Gasteiger partial charge on any atom is 0.232 e. The standard InChI is InChI=1S/C16H27BrN6OS.HI/c1-4-18-15(19-6-5-11-25-3)22-7-9-23(10-8-22)16-20-12-13(17)14(21-16)24-2;/h12H,4-11H2,1-3H3,(H,18,19);1H. The molecule has 0 unspecified atom stereocenters. The van der Waals surface area contributed by atoms with E-state index in [4.69, 9.17) is 9.73 Å². The summed E-state index contributed by atoms with van der Waals surface area (Å²) < 4.78 is 6.03. The van der Waals surface area contributed by atoms with Crippen molar-refractivity contribution in [2.24, 2.45) is 4.99 Å². The van der Waals surface area contributed by atoms with Gasteiger partial charge in [0.05, 0.1) is 17.8 Å². The van der Waals surface area contributed by atoms with Crippen molar-refractivity contribution in [3.63, 3.8) is 0 Å². The predicted octanol–water partition coefficient (Wildman–Crippen LogP) is 2.71. The number of nitrogens with zero attached hydrogens (tertiary/aromatic N) is 5. The first kappa shape index (κ1) is 23.5. The molecule has 26 heavy (non-hydrogen) atoms. The van der Waals surface area contributed by atoms with E-state index >= 15 is 0 Å². The zero-order valence-electron chi connectivity index (χ0n) is 15.6. The zero-order valence-corrected chi connectivity index (χ0v) is 20.3. The second-order valence-corrected chi connectivity index (χ2v) is 7.42. The Hall–Kier alpha value is -0.490. The predicted molar refractivity (Wildman–Crippen MR) is 124 cm³/mol. The van der Waals surface area contributed by atoms with Gasteiger partial charge in [-0.25, -0.2) is 4.98 Å². The number of aliphatic imine (C=N–C) groups is 1. The van der Waals surface area contributed by atoms with Gasteiger partial charge in [-0.1, -0.05) is 0 Å². The minimum atomic E-state index is 0. The van der Waals surface area contributed by atoms with E-state index in [1.165, 1.54) is 0 Å². The molecule has 0 aliphatic carbocycles. The van der Waals surface area contributed by atoms with E-state index in [1.807, 2.05) is 11.8 Å². The van der Waals surface area contributed by atoms with Crippen LogP contribution in [-0.2, 0) is 0 Å². The lowest BCUT2D eigenvalue weighted by Gasteiger charge is -2.36. The zero-order chi connectivity index (χ0) is 18.1. The molecule has 0 spiro atoms. The molecular formula is C16H28BrIN6OS. The highest BCUT2D eigenvalue weighted by atomic mass is 127. The summed E-state index contributed by atoms with van der Waals surface area (Å²) in [5.74, 6) is 3.44. The molecule has 1 aliphatic heterocycles. The number of anilines is 1. The van der Waals surface area contributed by atoms with Crippen LogP contribution in [0.3, 0.4) is 0 Å². The first-order valence-electron chi connectivity index (χ1n) is 8.53. The molecule has 0 atom stereocenters. The van der Waals surface area contributed by atoms with Crippen LogP contribution in [0, 0.1) is 0 Å². The van der Waals surface area contributed by atoms with Gasteiger partial charge in [0.2, 0.25) is 11.8 Å². The van der Waals surface area contributed by atoms with Crippen molar-refractivity contribution < 1.29 is 4.74 Å². The Labute approximate surface area is 185 Å². The number of halogens is 2. The number of hydrogen-bond acceptors (Lipinski definition) is 6. The van der Waals surface area contributed by atoms with Crippen LogP contribution in [-0.4, -0.2) is 79.2 Å². The summed E-state index contributed by atoms with van der Waals surface area (Å²) in [6, 6.07) is 0. The van der Waals surface area contributed by atoms with E-state index in [9.17, 15) is 0 Å². The van der Waals surface area contributed by atoms with E-state index < -0.39 is 0 Å². The van der Waals surface area contributed by atoms with Crippen molar-refractivity contribution in [1.29, 1.82) is 0 Å². The lowest BCUT2D eigenvalue weighted by Crippen LogP contribution is -2.53. The van der Waals surface area contributed by atoms with Crippen LogP contribution in [0.4, 0.5) is 5.95 Å². The van der Waals surface area contributed by atoms with Gasteiger partial charge >= 0.3 is 0 Å². The van der Waals surface area contributed by atoms with E-state index in [0.717, 1.165) is 61.9 Å². The fourth-order valence-electron chi connectivity index (χ4n) is 2.58. The Morgan fingerprint density at radius 1 is 1.38 bits per heavy atom. The SMILES string of the molecule is CCNC(=NCCCSC)N1CCN(c2ncc(Br)c(OC)n2)CC1.I. The van der Waals surface area contributed by atoms with Crippen LogP contribution < -0.4 is 15.0 Å². The van der Waals surface area contributed by atoms with Gasteiger partial charge in [-0.2, -0.15) is 16.7 Å². The summed E-state index contributed by atoms with van der Waals surface area (Å²) in [5.41, 5.74) is 0. The quantitative estimate of drug-likeness (QED) is 0.239. The van der Waals surface area contributed by atoms with Crippen LogP contribution in [0.15, 0.2) is 15.7 Å². The molecule has 0 radical (unpaired) electrons. The van der Waals surface area contributed by atoms with Crippen molar-refractivity contribution in [2.75, 3.05) is 63.3 Å². The molecule has 2 heterocycles. The molecular weight excluding hydrogens is 531 g/mol. The summed E-state index contributed by atoms with van der Waals surface area (Å²) in [6.07, 6.45) is 4.99. The van der Waals surface area contributed by atoms with Crippen LogP contribution in [0.1, 0.15) is 13.3 Å². The summed E-state index contributed by atoms with van der Waals surface area (Å²) in [5, 5.41) is 3.40. The fourth-order valence-corrected chi connectivity index (χ4v) is 3.35. The Morgan fingerprint density at radius 3 is 2.73 bits per heavy atom. The molecule has 1 N–H and O–H groups in total. The van der Waals surface area contributed by atoms with Crippen molar-refractivity contribution in [2.45, 2.75) is 13.3 Å². The van der Waals surface area contributed by atoms with Gasteiger partial charge in [-0.05, 0) is 41.3 Å². The van der Waals surface area contributed by atoms with Gasteiger partial charge in [-0.3, -0.25) is 4.99 Å². The molecule has 1 fully saturated rings. The Morgan fingerprint density at radius 2 is 2.12 bits per heavy atom. The van der Waals surface area contributed by atoms with E-state index in [-0.39, 0.29) is 24.0 Å². The normalized spacial score (nSPS) is 14.8. The minimum Gasteiger partial charge on any atom is -0.480 e. The summed E-state index contributed by atoms with van der Waals surface area (Å²) in [6.45, 7) is 7.38. The van der Waals surface area contributed by atoms with E-state index in [1.54, 1.807) is 13.3 Å². The first-order valence-corrected chi connectivity index (χ1v) is 10.7. The van der Waals surface area contributed by atoms with Gasteiger partial charge in [0.25, 0.3) is 0 Å². The highest BCUT2D eigenvalue weighted by molar-refractivity contribution is 14.0. The molecule has 7 nitrogen and oxygen atoms in total. The van der Waals surface area contributed by atoms with E-state index in [2.05, 4.69) is 54.2 Å². The van der Waals surface area contributed by atoms with Crippen LogP contribution in [0.5, 0.6) is 5.88 Å². The second kappa shape index (κ2) is 12.8. The molecule has 2 rings (SSSR count). The van der Waals surface area contributed by atoms with Crippen molar-refractivity contribution >= 4 is 63.6 Å². The third-order valence-electron chi connectivity index (χ3n) is 3.86. The first-order chi connectivity index (χ1) is 12.2. The number of methoxy groups -OCH3 is 1. The second-order valence-electron chi connectivity index (χ2n) is 5.58. The number of ether oxygens (including phenoxy) is 1. The monoisotopic (exact) mass is 558 g/mol. The maximum absolute atomic E-state index is 5.27. The molecule has 1 aliphatic rings. The topological polar surface area (TPSA) is 65.9 Å². The fraction of sp³-hybridized carbons (Fsp3) is 0.688. The average Bonchev–Trinajstić information content (AvgIpc) is 2.65. The average molecular weight is 559 g/mol. The number of rotatable bonds is 7. The molecule has 0 bridgehead atoms. The van der Waals surface area contributed by atoms with Crippen molar-refractivity contribution in [1.82, 2.24) is 20.2 Å². The molecule has 0 amide bonds. The van der Waals surface area contributed by atoms with E-state index in [0.29, 0.717) is 11.8 Å². The number of aromatic nitrogens is 2. The van der Waals surface area contributed by atoms with Gasteiger partial charge in [0.15, 0.2) is 5.96 Å². The summed E-state index contributed by atoms with van der Waals surface area (Å²) >= 11 is 5.26. The third-order valence-corrected chi connectivity index (χ3v) is 5.10. The Kier molecular flexibility index (Phi) is 11.6. The molecule has 10 heteroatoms. The highest BCUT2D eigenvalue weighted by Gasteiger charge is 2.22. The Balaban J connectivity index is 0.00000338. The number of piperazine rings is 1. The van der Waals surface area contributed by atoms with Gasteiger partial charge in [0.1, 0.15) is 0 Å². The van der Waals surface area contributed by atoms with Crippen LogP contribution >= 0.6 is 51.7 Å². The summed E-state index contributed by atoms with van der Waals surface area (Å²) in [7, 11) is 1.62. The third kappa shape index (κ3) is 6.91. The molecule has 0 aromatic carbocycles. The number of nitrogens with one attached hydrogen (secondary N) is 1. The molecule has 0 saturated carbocycles. The smallest absolute Gasteiger partial charge is 0.232 e. The highest BCUT2D eigenvalue weighted by Crippen LogP contribution is 2.23. The van der Waals surface area contributed by atoms with Crippen LogP contribution in [0.2, 0.25) is 0 Å². The van der Waals surface area contributed by atoms with Gasteiger partial charge in [0, 0.05) is 39.3 Å².